The molecule has 2 rings (SSSR count). The summed E-state index contributed by atoms with van der Waals surface area (Å²) in [6, 6.07) is -2.43. The lowest BCUT2D eigenvalue weighted by Crippen LogP contribution is -2.46. The molecule has 0 unspecified atom stereocenters. The van der Waals surface area contributed by atoms with E-state index in [1.54, 1.807) is 0 Å². The van der Waals surface area contributed by atoms with Gasteiger partial charge in [-0.3, -0.25) is 9.35 Å². The van der Waals surface area contributed by atoms with Gasteiger partial charge in [0.15, 0.2) is 6.61 Å². The van der Waals surface area contributed by atoms with Crippen molar-refractivity contribution in [3.8, 4) is 0 Å². The maximum atomic E-state index is 12.0. The van der Waals surface area contributed by atoms with E-state index in [4.69, 9.17) is 10.3 Å². The smallest absolute Gasteiger partial charge is 0.418 e. The molecule has 0 aliphatic carbocycles. The van der Waals surface area contributed by atoms with Crippen LogP contribution in [0.5, 0.6) is 0 Å². The monoisotopic (exact) mass is 323 g/mol. The van der Waals surface area contributed by atoms with Gasteiger partial charge in [0.25, 0.3) is 5.91 Å². The molecule has 2 aliphatic heterocycles. The molecular weight excluding hydrogens is 310 g/mol. The van der Waals surface area contributed by atoms with Crippen LogP contribution in [-0.4, -0.2) is 66.1 Å². The lowest BCUT2D eigenvalue weighted by Gasteiger charge is -2.28. The Balaban J connectivity index is 2.06. The highest BCUT2D eigenvalue weighted by molar-refractivity contribution is 7.80. The lowest BCUT2D eigenvalue weighted by molar-refractivity contribution is -0.152. The summed E-state index contributed by atoms with van der Waals surface area (Å²) in [5.41, 5.74) is 4.85. The topological polar surface area (TPSA) is 157 Å². The summed E-state index contributed by atoms with van der Waals surface area (Å²) in [7, 11) is -4.84. The molecule has 0 saturated carbocycles. The van der Waals surface area contributed by atoms with Gasteiger partial charge in [0.1, 0.15) is 6.04 Å². The highest BCUT2D eigenvalue weighted by Crippen LogP contribution is 2.31. The minimum Gasteiger partial charge on any atom is -0.454 e. The van der Waals surface area contributed by atoms with Crippen LogP contribution in [0.25, 0.3) is 0 Å². The minimum atomic E-state index is -4.84. The van der Waals surface area contributed by atoms with Gasteiger partial charge in [-0.05, 0) is 12.8 Å². The molecule has 2 fully saturated rings. The van der Waals surface area contributed by atoms with Crippen molar-refractivity contribution in [1.82, 2.24) is 9.96 Å². The number of carbonyl (C=O) groups excluding carboxylic acids is 3. The third-order valence-electron chi connectivity index (χ3n) is 3.13. The highest BCUT2D eigenvalue weighted by atomic mass is 32.3. The molecule has 0 aromatic carbocycles. The van der Waals surface area contributed by atoms with Gasteiger partial charge in [-0.2, -0.15) is 13.5 Å². The summed E-state index contributed by atoms with van der Waals surface area (Å²) in [6.45, 7) is -0.559. The van der Waals surface area contributed by atoms with Crippen LogP contribution in [-0.2, 0) is 29.0 Å². The van der Waals surface area contributed by atoms with E-state index in [2.05, 4.69) is 9.02 Å². The zero-order valence-corrected chi connectivity index (χ0v) is 11.5. The molecular formula is C9H13N3O8S. The molecule has 3 amide bonds. The predicted molar refractivity (Wildman–Crippen MR) is 63.5 cm³/mol. The SMILES string of the molecule is NC(=O)COC(=O)[C@H]1CC[C@@H]2CN1C(=O)N2OS(=O)(=O)O. The fourth-order valence-electron chi connectivity index (χ4n) is 2.32. The van der Waals surface area contributed by atoms with Crippen molar-refractivity contribution < 1.29 is 36.4 Å². The summed E-state index contributed by atoms with van der Waals surface area (Å²) < 4.78 is 38.9. The molecule has 0 spiro atoms. The van der Waals surface area contributed by atoms with Crippen molar-refractivity contribution in [2.24, 2.45) is 5.73 Å². The summed E-state index contributed by atoms with van der Waals surface area (Å²) in [6.07, 6.45) is 0.480. The zero-order chi connectivity index (χ0) is 15.8. The Hall–Kier alpha value is -1.92. The van der Waals surface area contributed by atoms with E-state index in [0.717, 1.165) is 4.90 Å². The van der Waals surface area contributed by atoms with Gasteiger partial charge in [0, 0.05) is 6.54 Å². The Bertz CT molecular complexity index is 576. The number of hydrogen-bond donors (Lipinski definition) is 2. The first-order valence-corrected chi connectivity index (χ1v) is 7.27. The maximum absolute atomic E-state index is 12.0. The van der Waals surface area contributed by atoms with Crippen molar-refractivity contribution in [3.05, 3.63) is 0 Å². The molecule has 2 atom stereocenters. The standard InChI is InChI=1S/C9H13N3O8S/c10-7(13)4-19-8(14)6-2-1-5-3-11(6)9(15)12(5)20-21(16,17)18/h5-6H,1-4H2,(H2,10,13)(H,16,17,18)/t5-,6-/m1/s1. The van der Waals surface area contributed by atoms with Crippen molar-refractivity contribution in [2.75, 3.05) is 13.2 Å². The van der Waals surface area contributed by atoms with Crippen LogP contribution in [0.3, 0.4) is 0 Å². The maximum Gasteiger partial charge on any atom is 0.418 e. The second kappa shape index (κ2) is 5.46. The average Bonchev–Trinajstić information content (AvgIpc) is 2.60. The van der Waals surface area contributed by atoms with Crippen LogP contribution in [0, 0.1) is 0 Å². The summed E-state index contributed by atoms with van der Waals surface area (Å²) in [5.74, 6) is -1.64. The number of piperidine rings is 1. The number of hydrogen-bond acceptors (Lipinski definition) is 7. The van der Waals surface area contributed by atoms with Crippen molar-refractivity contribution in [1.29, 1.82) is 0 Å². The Kier molecular flexibility index (Phi) is 4.02. The Morgan fingerprint density at radius 2 is 2.05 bits per heavy atom. The number of fused-ring (bicyclic) bond motifs is 2. The van der Waals surface area contributed by atoms with Crippen LogP contribution in [0.2, 0.25) is 0 Å². The van der Waals surface area contributed by atoms with Crippen LogP contribution in [0.4, 0.5) is 4.79 Å². The van der Waals surface area contributed by atoms with E-state index in [0.29, 0.717) is 5.06 Å². The first kappa shape index (κ1) is 15.5. The summed E-state index contributed by atoms with van der Waals surface area (Å²) >= 11 is 0. The highest BCUT2D eigenvalue weighted by Gasteiger charge is 2.49. The number of nitrogens with two attached hydrogens (primary N) is 1. The van der Waals surface area contributed by atoms with Crippen LogP contribution >= 0.6 is 0 Å². The number of rotatable bonds is 5. The Morgan fingerprint density at radius 3 is 2.62 bits per heavy atom. The van der Waals surface area contributed by atoms with Crippen molar-refractivity contribution in [2.45, 2.75) is 24.9 Å². The van der Waals surface area contributed by atoms with E-state index >= 15 is 0 Å². The third-order valence-corrected chi connectivity index (χ3v) is 3.48. The first-order chi connectivity index (χ1) is 9.69. The Labute approximate surface area is 119 Å². The molecule has 118 valence electrons. The first-order valence-electron chi connectivity index (χ1n) is 5.91. The molecule has 2 saturated heterocycles. The molecule has 11 nitrogen and oxygen atoms in total. The number of nitrogens with zero attached hydrogens (tertiary/aromatic N) is 2. The molecule has 0 aromatic rings. The molecule has 3 N–H and O–H groups in total. The van der Waals surface area contributed by atoms with Crippen LogP contribution in [0.1, 0.15) is 12.8 Å². The second-order valence-corrected chi connectivity index (χ2v) is 5.59. The van der Waals surface area contributed by atoms with Gasteiger partial charge in [0.05, 0.1) is 6.04 Å². The average molecular weight is 323 g/mol. The summed E-state index contributed by atoms with van der Waals surface area (Å²) in [4.78, 5) is 35.4. The van der Waals surface area contributed by atoms with Gasteiger partial charge >= 0.3 is 22.4 Å². The largest absolute Gasteiger partial charge is 0.454 e. The van der Waals surface area contributed by atoms with Crippen LogP contribution in [0.15, 0.2) is 0 Å². The second-order valence-electron chi connectivity index (χ2n) is 4.58. The summed E-state index contributed by atoms with van der Waals surface area (Å²) in [5, 5.41) is 0.511. The van der Waals surface area contributed by atoms with E-state index < -0.39 is 47.0 Å². The normalized spacial score (nSPS) is 25.1. The van der Waals surface area contributed by atoms with E-state index in [1.165, 1.54) is 0 Å². The molecule has 2 heterocycles. The third kappa shape index (κ3) is 3.40. The molecule has 12 heteroatoms. The quantitative estimate of drug-likeness (QED) is 0.435. The predicted octanol–water partition coefficient (Wildman–Crippen LogP) is -1.98. The minimum absolute atomic E-state index is 0.0463. The fourth-order valence-corrected chi connectivity index (χ4v) is 2.70. The number of hydroxylamine groups is 2. The number of amides is 3. The Morgan fingerprint density at radius 1 is 1.38 bits per heavy atom. The molecule has 21 heavy (non-hydrogen) atoms. The molecule has 2 bridgehead atoms. The zero-order valence-electron chi connectivity index (χ0n) is 10.7. The van der Waals surface area contributed by atoms with E-state index in [1.807, 2.05) is 0 Å². The lowest BCUT2D eigenvalue weighted by atomic mass is 10.0. The van der Waals surface area contributed by atoms with Gasteiger partial charge < -0.3 is 15.4 Å². The molecule has 0 radical (unpaired) electrons. The van der Waals surface area contributed by atoms with Gasteiger partial charge in [-0.25, -0.2) is 9.59 Å². The van der Waals surface area contributed by atoms with Crippen molar-refractivity contribution in [3.63, 3.8) is 0 Å². The van der Waals surface area contributed by atoms with Gasteiger partial charge in [-0.1, -0.05) is 0 Å². The molecule has 2 aliphatic rings. The molecule has 0 aromatic heterocycles. The van der Waals surface area contributed by atoms with E-state index in [9.17, 15) is 22.8 Å². The van der Waals surface area contributed by atoms with Crippen molar-refractivity contribution >= 4 is 28.3 Å². The van der Waals surface area contributed by atoms with E-state index in [-0.39, 0.29) is 19.4 Å². The number of primary amides is 1. The number of urea groups is 1. The number of carbonyl (C=O) groups is 3. The van der Waals surface area contributed by atoms with Gasteiger partial charge in [0.2, 0.25) is 0 Å². The van der Waals surface area contributed by atoms with Crippen LogP contribution < -0.4 is 5.73 Å². The van der Waals surface area contributed by atoms with Gasteiger partial charge in [-0.15, -0.1) is 4.28 Å². The number of ether oxygens (including phenoxy) is 1. The fraction of sp³-hybridized carbons (Fsp3) is 0.667. The number of esters is 1.